The highest BCUT2D eigenvalue weighted by Gasteiger charge is 2.29. The summed E-state index contributed by atoms with van der Waals surface area (Å²) in [5.74, 6) is -0.389. The molecule has 7 nitrogen and oxygen atoms in total. The van der Waals surface area contributed by atoms with E-state index in [0.29, 0.717) is 18.2 Å². The SMILES string of the molecule is O=C(NCC(=O)N1CCCC(C(=O)Nc2nccs2)C1)C1CCCC1. The topological polar surface area (TPSA) is 91.4 Å². The maximum Gasteiger partial charge on any atom is 0.241 e. The van der Waals surface area contributed by atoms with E-state index in [9.17, 15) is 14.4 Å². The van der Waals surface area contributed by atoms with Gasteiger partial charge in [-0.15, -0.1) is 11.3 Å². The zero-order chi connectivity index (χ0) is 17.6. The molecule has 3 rings (SSSR count). The van der Waals surface area contributed by atoms with Crippen molar-refractivity contribution in [2.75, 3.05) is 25.0 Å². The number of amides is 3. The van der Waals surface area contributed by atoms with Crippen LogP contribution in [0.25, 0.3) is 0 Å². The van der Waals surface area contributed by atoms with Gasteiger partial charge in [-0.05, 0) is 25.7 Å². The first-order valence-electron chi connectivity index (χ1n) is 8.89. The zero-order valence-corrected chi connectivity index (χ0v) is 15.0. The van der Waals surface area contributed by atoms with E-state index in [1.165, 1.54) is 11.3 Å². The van der Waals surface area contributed by atoms with Crippen molar-refractivity contribution in [3.8, 4) is 0 Å². The third kappa shape index (κ3) is 4.78. The van der Waals surface area contributed by atoms with Crippen LogP contribution in [0.15, 0.2) is 11.6 Å². The zero-order valence-electron chi connectivity index (χ0n) is 14.2. The Morgan fingerprint density at radius 2 is 1.88 bits per heavy atom. The van der Waals surface area contributed by atoms with Crippen LogP contribution >= 0.6 is 11.3 Å². The molecular weight excluding hydrogens is 340 g/mol. The van der Waals surface area contributed by atoms with Gasteiger partial charge in [0.25, 0.3) is 0 Å². The number of rotatable bonds is 5. The average molecular weight is 364 g/mol. The van der Waals surface area contributed by atoms with E-state index in [-0.39, 0.29) is 36.1 Å². The van der Waals surface area contributed by atoms with Gasteiger partial charge in [0.1, 0.15) is 0 Å². The number of nitrogens with one attached hydrogen (secondary N) is 2. The number of hydrogen-bond donors (Lipinski definition) is 2. The molecule has 1 aliphatic heterocycles. The molecule has 1 saturated heterocycles. The van der Waals surface area contributed by atoms with Gasteiger partial charge in [-0.25, -0.2) is 4.98 Å². The molecular formula is C17H24N4O3S. The van der Waals surface area contributed by atoms with E-state index < -0.39 is 0 Å². The predicted molar refractivity (Wildman–Crippen MR) is 95.0 cm³/mol. The summed E-state index contributed by atoms with van der Waals surface area (Å²) in [5.41, 5.74) is 0. The van der Waals surface area contributed by atoms with Crippen LogP contribution in [0.2, 0.25) is 0 Å². The molecule has 2 aliphatic rings. The van der Waals surface area contributed by atoms with Crippen molar-refractivity contribution >= 4 is 34.2 Å². The minimum absolute atomic E-state index is 0.0130. The van der Waals surface area contributed by atoms with Crippen molar-refractivity contribution < 1.29 is 14.4 Å². The smallest absolute Gasteiger partial charge is 0.241 e. The fraction of sp³-hybridized carbons (Fsp3) is 0.647. The molecule has 0 spiro atoms. The predicted octanol–water partition coefficient (Wildman–Crippen LogP) is 1.63. The van der Waals surface area contributed by atoms with Gasteiger partial charge in [0, 0.05) is 30.6 Å². The van der Waals surface area contributed by atoms with Crippen molar-refractivity contribution in [2.45, 2.75) is 38.5 Å². The Morgan fingerprint density at radius 1 is 1.12 bits per heavy atom. The van der Waals surface area contributed by atoms with Crippen LogP contribution in [0.3, 0.4) is 0 Å². The number of anilines is 1. The molecule has 1 aromatic rings. The molecule has 2 heterocycles. The second kappa shape index (κ2) is 8.42. The monoisotopic (exact) mass is 364 g/mol. The highest BCUT2D eigenvalue weighted by molar-refractivity contribution is 7.13. The summed E-state index contributed by atoms with van der Waals surface area (Å²) in [6.07, 6.45) is 7.21. The van der Waals surface area contributed by atoms with Crippen LogP contribution < -0.4 is 10.6 Å². The molecule has 0 radical (unpaired) electrons. The molecule has 1 saturated carbocycles. The Kier molecular flexibility index (Phi) is 6.01. The Labute approximate surface area is 151 Å². The Bertz CT molecular complexity index is 613. The molecule has 1 aromatic heterocycles. The number of likely N-dealkylation sites (tertiary alicyclic amines) is 1. The molecule has 1 aliphatic carbocycles. The van der Waals surface area contributed by atoms with E-state index in [4.69, 9.17) is 0 Å². The van der Waals surface area contributed by atoms with Gasteiger partial charge >= 0.3 is 0 Å². The Balaban J connectivity index is 1.46. The largest absolute Gasteiger partial charge is 0.347 e. The molecule has 3 amide bonds. The lowest BCUT2D eigenvalue weighted by atomic mass is 9.97. The second-order valence-corrected chi connectivity index (χ2v) is 7.60. The van der Waals surface area contributed by atoms with Crippen LogP contribution in [0, 0.1) is 11.8 Å². The summed E-state index contributed by atoms with van der Waals surface area (Å²) in [6, 6.07) is 0. The van der Waals surface area contributed by atoms with Crippen molar-refractivity contribution in [3.05, 3.63) is 11.6 Å². The van der Waals surface area contributed by atoms with Crippen molar-refractivity contribution in [1.29, 1.82) is 0 Å². The van der Waals surface area contributed by atoms with Gasteiger partial charge in [0.2, 0.25) is 17.7 Å². The fourth-order valence-corrected chi connectivity index (χ4v) is 4.05. The number of aromatic nitrogens is 1. The Morgan fingerprint density at radius 3 is 2.60 bits per heavy atom. The normalized spacial score (nSPS) is 21.1. The van der Waals surface area contributed by atoms with Crippen LogP contribution in [0.5, 0.6) is 0 Å². The molecule has 1 atom stereocenters. The van der Waals surface area contributed by atoms with E-state index in [1.54, 1.807) is 16.5 Å². The minimum atomic E-state index is -0.230. The minimum Gasteiger partial charge on any atom is -0.347 e. The maximum absolute atomic E-state index is 12.4. The summed E-state index contributed by atoms with van der Waals surface area (Å²) in [6.45, 7) is 1.06. The lowest BCUT2D eigenvalue weighted by Crippen LogP contribution is -2.47. The second-order valence-electron chi connectivity index (χ2n) is 6.70. The van der Waals surface area contributed by atoms with Crippen LogP contribution in [0.4, 0.5) is 5.13 Å². The van der Waals surface area contributed by atoms with Crippen LogP contribution in [0.1, 0.15) is 38.5 Å². The summed E-state index contributed by atoms with van der Waals surface area (Å²) >= 11 is 1.37. The van der Waals surface area contributed by atoms with Gasteiger partial charge in [-0.1, -0.05) is 12.8 Å². The van der Waals surface area contributed by atoms with E-state index in [0.717, 1.165) is 38.5 Å². The first kappa shape index (κ1) is 17.8. The average Bonchev–Trinajstić information content (AvgIpc) is 3.33. The first-order valence-corrected chi connectivity index (χ1v) is 9.77. The molecule has 2 N–H and O–H groups in total. The highest BCUT2D eigenvalue weighted by Crippen LogP contribution is 2.24. The summed E-state index contributed by atoms with van der Waals surface area (Å²) in [5, 5.41) is 7.95. The van der Waals surface area contributed by atoms with Gasteiger partial charge in [-0.3, -0.25) is 14.4 Å². The molecule has 0 aromatic carbocycles. The lowest BCUT2D eigenvalue weighted by Gasteiger charge is -2.32. The molecule has 136 valence electrons. The van der Waals surface area contributed by atoms with Gasteiger partial charge in [0.15, 0.2) is 5.13 Å². The number of hydrogen-bond acceptors (Lipinski definition) is 5. The lowest BCUT2D eigenvalue weighted by molar-refractivity contribution is -0.136. The van der Waals surface area contributed by atoms with E-state index in [2.05, 4.69) is 15.6 Å². The maximum atomic E-state index is 12.4. The summed E-state index contributed by atoms with van der Waals surface area (Å²) in [7, 11) is 0. The van der Waals surface area contributed by atoms with Crippen molar-refractivity contribution in [2.24, 2.45) is 11.8 Å². The van der Waals surface area contributed by atoms with E-state index >= 15 is 0 Å². The van der Waals surface area contributed by atoms with Crippen LogP contribution in [-0.2, 0) is 14.4 Å². The van der Waals surface area contributed by atoms with Crippen molar-refractivity contribution in [3.63, 3.8) is 0 Å². The third-order valence-corrected chi connectivity index (χ3v) is 5.64. The number of thiazole rings is 1. The van der Waals surface area contributed by atoms with Gasteiger partial charge in [-0.2, -0.15) is 0 Å². The number of piperidine rings is 1. The van der Waals surface area contributed by atoms with E-state index in [1.807, 2.05) is 0 Å². The molecule has 8 heteroatoms. The third-order valence-electron chi connectivity index (χ3n) is 4.95. The summed E-state index contributed by atoms with van der Waals surface area (Å²) < 4.78 is 0. The van der Waals surface area contributed by atoms with Gasteiger partial charge in [0.05, 0.1) is 12.5 Å². The Hall–Kier alpha value is -1.96. The molecule has 2 fully saturated rings. The number of nitrogens with zero attached hydrogens (tertiary/aromatic N) is 2. The quantitative estimate of drug-likeness (QED) is 0.831. The molecule has 25 heavy (non-hydrogen) atoms. The first-order chi connectivity index (χ1) is 12.1. The highest BCUT2D eigenvalue weighted by atomic mass is 32.1. The molecule has 1 unspecified atom stereocenters. The number of carbonyl (C=O) groups excluding carboxylic acids is 3. The van der Waals surface area contributed by atoms with Gasteiger partial charge < -0.3 is 15.5 Å². The fourth-order valence-electron chi connectivity index (χ4n) is 3.52. The number of carbonyl (C=O) groups is 3. The molecule has 0 bridgehead atoms. The summed E-state index contributed by atoms with van der Waals surface area (Å²) in [4.78, 5) is 42.5. The van der Waals surface area contributed by atoms with Crippen LogP contribution in [-0.4, -0.2) is 47.2 Å². The van der Waals surface area contributed by atoms with Crippen molar-refractivity contribution in [1.82, 2.24) is 15.2 Å². The standard InChI is InChI=1S/C17H24N4O3S/c22-14(10-19-15(23)12-4-1-2-5-12)21-8-3-6-13(11-21)16(24)20-17-18-7-9-25-17/h7,9,12-13H,1-6,8,10-11H2,(H,19,23)(H,18,20,24).